The van der Waals surface area contributed by atoms with Gasteiger partial charge < -0.3 is 10.0 Å². The Labute approximate surface area is 115 Å². The Morgan fingerprint density at radius 1 is 1.32 bits per heavy atom. The van der Waals surface area contributed by atoms with Gasteiger partial charge in [0.15, 0.2) is 0 Å². The van der Waals surface area contributed by atoms with Gasteiger partial charge in [-0.05, 0) is 42.9 Å². The van der Waals surface area contributed by atoms with E-state index < -0.39 is 5.41 Å². The smallest absolute Gasteiger partial charge is 0.235 e. The van der Waals surface area contributed by atoms with Crippen molar-refractivity contribution in [2.75, 3.05) is 18.6 Å². The van der Waals surface area contributed by atoms with Crippen molar-refractivity contribution in [2.24, 2.45) is 11.3 Å². The Bertz CT molecular complexity index is 446. The molecule has 19 heavy (non-hydrogen) atoms. The number of carbonyl (C=O) groups excluding carboxylic acids is 1. The molecule has 0 spiro atoms. The number of nitrogens with zero attached hydrogens (tertiary/aromatic N) is 1. The van der Waals surface area contributed by atoms with Crippen molar-refractivity contribution in [1.29, 1.82) is 0 Å². The molecule has 104 valence electrons. The second-order valence-corrected chi connectivity index (χ2v) is 6.07. The summed E-state index contributed by atoms with van der Waals surface area (Å²) in [5.41, 5.74) is 1.70. The van der Waals surface area contributed by atoms with Crippen LogP contribution in [0, 0.1) is 11.3 Å². The van der Waals surface area contributed by atoms with E-state index in [9.17, 15) is 9.90 Å². The fraction of sp³-hybridized carbons (Fsp3) is 0.562. The van der Waals surface area contributed by atoms with E-state index in [1.165, 1.54) is 5.56 Å². The van der Waals surface area contributed by atoms with Crippen molar-refractivity contribution in [3.05, 3.63) is 29.8 Å². The molecule has 1 aromatic rings. The lowest BCUT2D eigenvalue weighted by atomic mass is 10.0. The van der Waals surface area contributed by atoms with Gasteiger partial charge in [-0.2, -0.15) is 0 Å². The van der Waals surface area contributed by atoms with E-state index in [0.29, 0.717) is 5.92 Å². The molecule has 0 radical (unpaired) electrons. The highest BCUT2D eigenvalue weighted by atomic mass is 16.3. The number of benzene rings is 1. The van der Waals surface area contributed by atoms with Crippen LogP contribution in [0.15, 0.2) is 24.3 Å². The van der Waals surface area contributed by atoms with Crippen LogP contribution in [0.4, 0.5) is 5.69 Å². The predicted octanol–water partition coefficient (Wildman–Crippen LogP) is 2.62. The largest absolute Gasteiger partial charge is 0.395 e. The molecule has 1 amide bonds. The molecule has 1 fully saturated rings. The van der Waals surface area contributed by atoms with E-state index in [4.69, 9.17) is 0 Å². The van der Waals surface area contributed by atoms with Gasteiger partial charge in [-0.25, -0.2) is 0 Å². The summed E-state index contributed by atoms with van der Waals surface area (Å²) in [5.74, 6) is 0.668. The molecule has 1 N–H and O–H groups in total. The van der Waals surface area contributed by atoms with Gasteiger partial charge in [-0.15, -0.1) is 0 Å². The summed E-state index contributed by atoms with van der Waals surface area (Å²) in [6.45, 7) is 4.35. The third-order valence-electron chi connectivity index (χ3n) is 3.88. The second kappa shape index (κ2) is 5.33. The number of carbonyl (C=O) groups is 1. The van der Waals surface area contributed by atoms with Crippen LogP contribution >= 0.6 is 0 Å². The lowest BCUT2D eigenvalue weighted by Gasteiger charge is -2.22. The van der Waals surface area contributed by atoms with Crippen LogP contribution < -0.4 is 4.90 Å². The SMILES string of the molecule is CC(C)Cc1ccc(N(C)C(=O)C2(CO)CC2)cc1. The third kappa shape index (κ3) is 2.98. The Kier molecular flexibility index (Phi) is 3.95. The number of hydrogen-bond acceptors (Lipinski definition) is 2. The van der Waals surface area contributed by atoms with Crippen molar-refractivity contribution < 1.29 is 9.90 Å². The van der Waals surface area contributed by atoms with Crippen LogP contribution in [0.5, 0.6) is 0 Å². The molecular weight excluding hydrogens is 238 g/mol. The summed E-state index contributed by atoms with van der Waals surface area (Å²) in [6.07, 6.45) is 2.66. The van der Waals surface area contributed by atoms with Gasteiger partial charge in [0.1, 0.15) is 0 Å². The highest BCUT2D eigenvalue weighted by Gasteiger charge is 2.50. The Balaban J connectivity index is 2.07. The van der Waals surface area contributed by atoms with E-state index in [-0.39, 0.29) is 12.5 Å². The van der Waals surface area contributed by atoms with E-state index in [0.717, 1.165) is 24.9 Å². The quantitative estimate of drug-likeness (QED) is 0.885. The number of amides is 1. The van der Waals surface area contributed by atoms with Gasteiger partial charge in [0.05, 0.1) is 12.0 Å². The first-order valence-electron chi connectivity index (χ1n) is 6.96. The molecular formula is C16H23NO2. The van der Waals surface area contributed by atoms with Gasteiger partial charge in [-0.3, -0.25) is 4.79 Å². The number of hydrogen-bond donors (Lipinski definition) is 1. The summed E-state index contributed by atoms with van der Waals surface area (Å²) >= 11 is 0. The van der Waals surface area contributed by atoms with Crippen LogP contribution in [0.1, 0.15) is 32.3 Å². The van der Waals surface area contributed by atoms with E-state index in [1.807, 2.05) is 12.1 Å². The Morgan fingerprint density at radius 2 is 1.89 bits per heavy atom. The van der Waals surface area contributed by atoms with Gasteiger partial charge in [0, 0.05) is 12.7 Å². The maximum absolute atomic E-state index is 12.3. The van der Waals surface area contributed by atoms with Gasteiger partial charge in [0.2, 0.25) is 5.91 Å². The molecule has 3 heteroatoms. The van der Waals surface area contributed by atoms with Crippen LogP contribution in [-0.4, -0.2) is 24.7 Å². The fourth-order valence-electron chi connectivity index (χ4n) is 2.39. The van der Waals surface area contributed by atoms with Crippen molar-refractivity contribution in [3.63, 3.8) is 0 Å². The number of anilines is 1. The first-order valence-corrected chi connectivity index (χ1v) is 6.96. The summed E-state index contributed by atoms with van der Waals surface area (Å²) in [5, 5.41) is 9.32. The molecule has 0 aromatic heterocycles. The summed E-state index contributed by atoms with van der Waals surface area (Å²) < 4.78 is 0. The topological polar surface area (TPSA) is 40.5 Å². The minimum absolute atomic E-state index is 0.0339. The first kappa shape index (κ1) is 14.1. The van der Waals surface area contributed by atoms with Gasteiger partial charge in [-0.1, -0.05) is 26.0 Å². The van der Waals surface area contributed by atoms with Gasteiger partial charge >= 0.3 is 0 Å². The summed E-state index contributed by atoms with van der Waals surface area (Å²) in [7, 11) is 1.79. The number of rotatable bonds is 5. The molecule has 3 nitrogen and oxygen atoms in total. The Hall–Kier alpha value is -1.35. The lowest BCUT2D eigenvalue weighted by molar-refractivity contribution is -0.124. The average Bonchev–Trinajstić information content (AvgIpc) is 3.18. The summed E-state index contributed by atoms with van der Waals surface area (Å²) in [6, 6.07) is 8.14. The van der Waals surface area contributed by atoms with Crippen molar-refractivity contribution in [3.8, 4) is 0 Å². The zero-order chi connectivity index (χ0) is 14.0. The van der Waals surface area contributed by atoms with Crippen LogP contribution in [0.2, 0.25) is 0 Å². The maximum atomic E-state index is 12.3. The molecule has 0 saturated heterocycles. The van der Waals surface area contributed by atoms with E-state index >= 15 is 0 Å². The Morgan fingerprint density at radius 3 is 2.32 bits per heavy atom. The highest BCUT2D eigenvalue weighted by Crippen LogP contribution is 2.47. The first-order chi connectivity index (χ1) is 8.98. The molecule has 0 aliphatic heterocycles. The van der Waals surface area contributed by atoms with Crippen LogP contribution in [-0.2, 0) is 11.2 Å². The molecule has 0 atom stereocenters. The lowest BCUT2D eigenvalue weighted by Crippen LogP contribution is -2.36. The van der Waals surface area contributed by atoms with Crippen molar-refractivity contribution in [2.45, 2.75) is 33.1 Å². The number of aliphatic hydroxyl groups excluding tert-OH is 1. The predicted molar refractivity (Wildman–Crippen MR) is 77.1 cm³/mol. The molecule has 1 aliphatic rings. The second-order valence-electron chi connectivity index (χ2n) is 6.07. The minimum atomic E-state index is -0.495. The van der Waals surface area contributed by atoms with Crippen molar-refractivity contribution in [1.82, 2.24) is 0 Å². The average molecular weight is 261 g/mol. The number of aliphatic hydroxyl groups is 1. The molecule has 0 bridgehead atoms. The molecule has 2 rings (SSSR count). The standard InChI is InChI=1S/C16H23NO2/c1-12(2)10-13-4-6-14(7-5-13)17(3)15(19)16(11-18)8-9-16/h4-7,12,18H,8-11H2,1-3H3. The maximum Gasteiger partial charge on any atom is 0.235 e. The van der Waals surface area contributed by atoms with Gasteiger partial charge in [0.25, 0.3) is 0 Å². The van der Waals surface area contributed by atoms with E-state index in [2.05, 4.69) is 26.0 Å². The normalized spacial score (nSPS) is 16.5. The third-order valence-corrected chi connectivity index (χ3v) is 3.88. The zero-order valence-corrected chi connectivity index (χ0v) is 12.0. The zero-order valence-electron chi connectivity index (χ0n) is 12.0. The molecule has 1 saturated carbocycles. The fourth-order valence-corrected chi connectivity index (χ4v) is 2.39. The molecule has 0 heterocycles. The molecule has 1 aliphatic carbocycles. The minimum Gasteiger partial charge on any atom is -0.395 e. The summed E-state index contributed by atoms with van der Waals surface area (Å²) in [4.78, 5) is 14.0. The monoisotopic (exact) mass is 261 g/mol. The van der Waals surface area contributed by atoms with Crippen LogP contribution in [0.3, 0.4) is 0 Å². The highest BCUT2D eigenvalue weighted by molar-refractivity contribution is 5.99. The molecule has 1 aromatic carbocycles. The van der Waals surface area contributed by atoms with E-state index in [1.54, 1.807) is 11.9 Å². The molecule has 0 unspecified atom stereocenters. The van der Waals surface area contributed by atoms with Crippen molar-refractivity contribution >= 4 is 11.6 Å². The van der Waals surface area contributed by atoms with Crippen LogP contribution in [0.25, 0.3) is 0 Å².